The van der Waals surface area contributed by atoms with Crippen LogP contribution in [0, 0.1) is 17.6 Å². The molecule has 2 aromatic rings. The van der Waals surface area contributed by atoms with Crippen molar-refractivity contribution in [2.75, 3.05) is 5.32 Å². The van der Waals surface area contributed by atoms with Gasteiger partial charge in [-0.1, -0.05) is 12.1 Å². The molecule has 6 heteroatoms. The molecule has 3 unspecified atom stereocenters. The van der Waals surface area contributed by atoms with Gasteiger partial charge in [0.1, 0.15) is 11.6 Å². The fraction of sp³-hybridized carbons (Fsp3) is 0.263. The standard InChI is InChI=1S/C19H17F2NO3/c1-10(19(24)25)11-3-2-4-13(7-11)22-18(23)16-9-14(16)15-8-12(20)5-6-17(15)21/h2-8,10,14,16H,9H2,1H3,(H,22,23)(H,24,25). The topological polar surface area (TPSA) is 66.4 Å². The van der Waals surface area contributed by atoms with Crippen molar-refractivity contribution in [2.24, 2.45) is 5.92 Å². The maximum Gasteiger partial charge on any atom is 0.310 e. The molecule has 0 spiro atoms. The normalized spacial score (nSPS) is 20.0. The number of carbonyl (C=O) groups excluding carboxylic acids is 1. The Hall–Kier alpha value is -2.76. The maximum absolute atomic E-state index is 13.8. The number of aliphatic carboxylic acids is 1. The molecule has 0 radical (unpaired) electrons. The second-order valence-electron chi connectivity index (χ2n) is 6.29. The lowest BCUT2D eigenvalue weighted by molar-refractivity contribution is -0.138. The molecule has 1 fully saturated rings. The first-order valence-corrected chi connectivity index (χ1v) is 7.95. The highest BCUT2D eigenvalue weighted by molar-refractivity contribution is 5.95. The Morgan fingerprint density at radius 2 is 1.96 bits per heavy atom. The number of hydrogen-bond donors (Lipinski definition) is 2. The summed E-state index contributed by atoms with van der Waals surface area (Å²) in [6, 6.07) is 9.85. The highest BCUT2D eigenvalue weighted by Crippen LogP contribution is 2.49. The molecule has 2 N–H and O–H groups in total. The molecular formula is C19H17F2NO3. The first kappa shape index (κ1) is 17.1. The van der Waals surface area contributed by atoms with E-state index in [0.29, 0.717) is 17.7 Å². The number of carboxylic acid groups (broad SMARTS) is 1. The lowest BCUT2D eigenvalue weighted by atomic mass is 10.0. The van der Waals surface area contributed by atoms with Crippen LogP contribution in [0.25, 0.3) is 0 Å². The number of anilines is 1. The molecule has 0 saturated heterocycles. The first-order valence-electron chi connectivity index (χ1n) is 7.95. The van der Waals surface area contributed by atoms with Gasteiger partial charge in [-0.2, -0.15) is 0 Å². The van der Waals surface area contributed by atoms with Gasteiger partial charge in [-0.25, -0.2) is 8.78 Å². The minimum atomic E-state index is -0.952. The third kappa shape index (κ3) is 3.68. The lowest BCUT2D eigenvalue weighted by Gasteiger charge is -2.10. The smallest absolute Gasteiger partial charge is 0.310 e. The van der Waals surface area contributed by atoms with E-state index in [1.165, 1.54) is 0 Å². The number of benzene rings is 2. The van der Waals surface area contributed by atoms with E-state index in [9.17, 15) is 18.4 Å². The molecule has 1 aliphatic rings. The predicted molar refractivity (Wildman–Crippen MR) is 88.3 cm³/mol. The summed E-state index contributed by atoms with van der Waals surface area (Å²) in [6.07, 6.45) is 0.456. The van der Waals surface area contributed by atoms with Crippen molar-refractivity contribution in [3.8, 4) is 0 Å². The second kappa shape index (κ2) is 6.63. The molecule has 0 aliphatic heterocycles. The molecule has 0 aromatic heterocycles. The number of halogens is 2. The fourth-order valence-corrected chi connectivity index (χ4v) is 2.89. The van der Waals surface area contributed by atoms with Gasteiger partial charge < -0.3 is 10.4 Å². The van der Waals surface area contributed by atoms with Gasteiger partial charge in [-0.15, -0.1) is 0 Å². The SMILES string of the molecule is CC(C(=O)O)c1cccc(NC(=O)C2CC2c2cc(F)ccc2F)c1. The zero-order chi connectivity index (χ0) is 18.1. The number of carboxylic acids is 1. The molecule has 3 rings (SSSR count). The van der Waals surface area contributed by atoms with E-state index in [1.807, 2.05) is 0 Å². The summed E-state index contributed by atoms with van der Waals surface area (Å²) in [4.78, 5) is 23.4. The summed E-state index contributed by atoms with van der Waals surface area (Å²) >= 11 is 0. The third-order valence-electron chi connectivity index (χ3n) is 4.51. The molecular weight excluding hydrogens is 328 g/mol. The number of rotatable bonds is 5. The van der Waals surface area contributed by atoms with E-state index >= 15 is 0 Å². The largest absolute Gasteiger partial charge is 0.481 e. The van der Waals surface area contributed by atoms with E-state index in [2.05, 4.69) is 5.32 Å². The molecule has 130 valence electrons. The second-order valence-corrected chi connectivity index (χ2v) is 6.29. The van der Waals surface area contributed by atoms with Crippen molar-refractivity contribution in [3.63, 3.8) is 0 Å². The summed E-state index contributed by atoms with van der Waals surface area (Å²) in [5.74, 6) is -3.72. The van der Waals surface area contributed by atoms with Crippen molar-refractivity contribution in [3.05, 3.63) is 65.2 Å². The van der Waals surface area contributed by atoms with Crippen LogP contribution in [0.5, 0.6) is 0 Å². The van der Waals surface area contributed by atoms with Gasteiger partial charge in [0.15, 0.2) is 0 Å². The van der Waals surface area contributed by atoms with Crippen LogP contribution in [0.1, 0.15) is 36.3 Å². The Morgan fingerprint density at radius 3 is 2.68 bits per heavy atom. The predicted octanol–water partition coefficient (Wildman–Crippen LogP) is 3.90. The molecule has 1 aliphatic carbocycles. The quantitative estimate of drug-likeness (QED) is 0.864. The summed E-state index contributed by atoms with van der Waals surface area (Å²) in [5, 5.41) is 11.8. The van der Waals surface area contributed by atoms with Crippen molar-refractivity contribution in [2.45, 2.75) is 25.2 Å². The number of hydrogen-bond acceptors (Lipinski definition) is 2. The van der Waals surface area contributed by atoms with E-state index in [-0.39, 0.29) is 17.4 Å². The monoisotopic (exact) mass is 345 g/mol. The lowest BCUT2D eigenvalue weighted by Crippen LogP contribution is -2.15. The van der Waals surface area contributed by atoms with Crippen LogP contribution in [0.3, 0.4) is 0 Å². The highest BCUT2D eigenvalue weighted by Gasteiger charge is 2.45. The van der Waals surface area contributed by atoms with E-state index < -0.39 is 29.4 Å². The van der Waals surface area contributed by atoms with Crippen LogP contribution in [-0.2, 0) is 9.59 Å². The zero-order valence-corrected chi connectivity index (χ0v) is 13.5. The molecule has 4 nitrogen and oxygen atoms in total. The van der Waals surface area contributed by atoms with Gasteiger partial charge in [0.05, 0.1) is 5.92 Å². The average molecular weight is 345 g/mol. The molecule has 2 aromatic carbocycles. The number of nitrogens with one attached hydrogen (secondary N) is 1. The van der Waals surface area contributed by atoms with Crippen molar-refractivity contribution >= 4 is 17.6 Å². The molecule has 3 atom stereocenters. The van der Waals surface area contributed by atoms with E-state index in [0.717, 1.165) is 18.2 Å². The maximum atomic E-state index is 13.8. The summed E-state index contributed by atoms with van der Waals surface area (Å²) in [7, 11) is 0. The Kier molecular flexibility index (Phi) is 4.53. The van der Waals surface area contributed by atoms with Gasteiger partial charge in [-0.3, -0.25) is 9.59 Å². The van der Waals surface area contributed by atoms with E-state index in [1.54, 1.807) is 31.2 Å². The Balaban J connectivity index is 1.69. The van der Waals surface area contributed by atoms with Gasteiger partial charge in [-0.05, 0) is 60.7 Å². The Morgan fingerprint density at radius 1 is 1.20 bits per heavy atom. The number of amides is 1. The van der Waals surface area contributed by atoms with Crippen LogP contribution in [-0.4, -0.2) is 17.0 Å². The molecule has 0 heterocycles. The van der Waals surface area contributed by atoms with Crippen LogP contribution in [0.4, 0.5) is 14.5 Å². The van der Waals surface area contributed by atoms with Gasteiger partial charge >= 0.3 is 5.97 Å². The summed E-state index contributed by atoms with van der Waals surface area (Å²) in [5.41, 5.74) is 1.28. The summed E-state index contributed by atoms with van der Waals surface area (Å²) < 4.78 is 27.1. The number of carbonyl (C=O) groups is 2. The van der Waals surface area contributed by atoms with Crippen molar-refractivity contribution in [1.29, 1.82) is 0 Å². The Bertz CT molecular complexity index is 837. The van der Waals surface area contributed by atoms with Gasteiger partial charge in [0, 0.05) is 11.6 Å². The molecule has 25 heavy (non-hydrogen) atoms. The zero-order valence-electron chi connectivity index (χ0n) is 13.5. The van der Waals surface area contributed by atoms with E-state index in [4.69, 9.17) is 5.11 Å². The van der Waals surface area contributed by atoms with Crippen LogP contribution in [0.15, 0.2) is 42.5 Å². The van der Waals surface area contributed by atoms with Crippen molar-refractivity contribution < 1.29 is 23.5 Å². The fourth-order valence-electron chi connectivity index (χ4n) is 2.89. The summed E-state index contributed by atoms with van der Waals surface area (Å²) in [6.45, 7) is 1.56. The minimum absolute atomic E-state index is 0.216. The minimum Gasteiger partial charge on any atom is -0.481 e. The van der Waals surface area contributed by atoms with Crippen molar-refractivity contribution in [1.82, 2.24) is 0 Å². The molecule has 0 bridgehead atoms. The van der Waals surface area contributed by atoms with Crippen LogP contribution in [0.2, 0.25) is 0 Å². The highest BCUT2D eigenvalue weighted by atomic mass is 19.1. The molecule has 1 saturated carbocycles. The van der Waals surface area contributed by atoms with Crippen LogP contribution >= 0.6 is 0 Å². The van der Waals surface area contributed by atoms with Gasteiger partial charge in [0.25, 0.3) is 0 Å². The van der Waals surface area contributed by atoms with Crippen LogP contribution < -0.4 is 5.32 Å². The van der Waals surface area contributed by atoms with Gasteiger partial charge in [0.2, 0.25) is 5.91 Å². The average Bonchev–Trinajstić information content (AvgIpc) is 3.37. The Labute approximate surface area is 143 Å². The third-order valence-corrected chi connectivity index (χ3v) is 4.51. The first-order chi connectivity index (χ1) is 11.9. The molecule has 1 amide bonds.